The van der Waals surface area contributed by atoms with Crippen LogP contribution < -0.4 is 4.90 Å². The summed E-state index contributed by atoms with van der Waals surface area (Å²) in [4.78, 5) is 13.0. The van der Waals surface area contributed by atoms with Crippen LogP contribution in [-0.4, -0.2) is 42.4 Å². The van der Waals surface area contributed by atoms with Crippen molar-refractivity contribution in [1.82, 2.24) is 0 Å². The third kappa shape index (κ3) is 4.98. The number of hydrogen-bond donors (Lipinski definition) is 2. The van der Waals surface area contributed by atoms with E-state index in [9.17, 15) is 13.2 Å². The van der Waals surface area contributed by atoms with Crippen LogP contribution in [-0.2, 0) is 20.3 Å². The molecule has 26 heavy (non-hydrogen) atoms. The van der Waals surface area contributed by atoms with E-state index in [4.69, 9.17) is 9.66 Å². The molecule has 6 nitrogen and oxygen atoms in total. The maximum Gasteiger partial charge on any atom is 0.303 e. The summed E-state index contributed by atoms with van der Waals surface area (Å²) in [6.45, 7) is 5.17. The fourth-order valence-electron chi connectivity index (χ4n) is 4.00. The average Bonchev–Trinajstić information content (AvgIpc) is 2.75. The van der Waals surface area contributed by atoms with Crippen molar-refractivity contribution in [2.45, 2.75) is 63.8 Å². The van der Waals surface area contributed by atoms with E-state index >= 15 is 0 Å². The highest BCUT2D eigenvalue weighted by Crippen LogP contribution is 2.47. The second-order valence-electron chi connectivity index (χ2n) is 7.40. The molecule has 0 bridgehead atoms. The number of carbonyl (C=O) groups is 1. The molecule has 1 aliphatic rings. The quantitative estimate of drug-likeness (QED) is 0.474. The van der Waals surface area contributed by atoms with Crippen molar-refractivity contribution >= 4 is 21.8 Å². The first-order valence-electron chi connectivity index (χ1n) is 9.18. The van der Waals surface area contributed by atoms with Gasteiger partial charge >= 0.3 is 5.97 Å². The molecule has 2 rings (SSSR count). The van der Waals surface area contributed by atoms with Gasteiger partial charge in [-0.2, -0.15) is 8.42 Å². The third-order valence-corrected chi connectivity index (χ3v) is 6.41. The van der Waals surface area contributed by atoms with Crippen LogP contribution in [0.3, 0.4) is 0 Å². The van der Waals surface area contributed by atoms with Gasteiger partial charge in [-0.05, 0) is 44.2 Å². The molecule has 0 radical (unpaired) electrons. The molecule has 1 aliphatic heterocycles. The molecule has 0 aromatic heterocycles. The van der Waals surface area contributed by atoms with Gasteiger partial charge in [0, 0.05) is 30.1 Å². The molecule has 2 atom stereocenters. The molecule has 1 aromatic rings. The second-order valence-corrected chi connectivity index (χ2v) is 8.97. The van der Waals surface area contributed by atoms with Crippen molar-refractivity contribution in [3.8, 4) is 0 Å². The van der Waals surface area contributed by atoms with Crippen molar-refractivity contribution in [3.05, 3.63) is 29.8 Å². The zero-order chi connectivity index (χ0) is 19.4. The standard InChI is InChI=1S/C19H29NO5S/c1-15-19(2,12-8-14-26(23,24)25)16-9-5-6-10-17(16)20(15)13-7-3-4-11-18(21)22/h5-6,9-10,15H,3-4,7-8,11-14H2,1-2H3,(H,21,22)(H,23,24,25). The Kier molecular flexibility index (Phi) is 6.69. The molecule has 0 saturated carbocycles. The Bertz CT molecular complexity index is 733. The Balaban J connectivity index is 2.06. The van der Waals surface area contributed by atoms with Crippen LogP contribution in [0.4, 0.5) is 5.69 Å². The lowest BCUT2D eigenvalue weighted by Gasteiger charge is -2.34. The normalized spacial score (nSPS) is 22.4. The minimum atomic E-state index is -3.94. The van der Waals surface area contributed by atoms with Crippen LogP contribution in [0.25, 0.3) is 0 Å². The van der Waals surface area contributed by atoms with E-state index in [0.29, 0.717) is 19.3 Å². The van der Waals surface area contributed by atoms with Gasteiger partial charge in [0.2, 0.25) is 0 Å². The van der Waals surface area contributed by atoms with E-state index in [1.165, 1.54) is 11.3 Å². The fraction of sp³-hybridized carbons (Fsp3) is 0.632. The van der Waals surface area contributed by atoms with E-state index in [1.54, 1.807) is 0 Å². The molecule has 1 aromatic carbocycles. The Morgan fingerprint density at radius 2 is 1.88 bits per heavy atom. The van der Waals surface area contributed by atoms with Gasteiger partial charge in [-0.3, -0.25) is 9.35 Å². The van der Waals surface area contributed by atoms with Crippen molar-refractivity contribution in [2.75, 3.05) is 17.2 Å². The molecule has 2 N–H and O–H groups in total. The smallest absolute Gasteiger partial charge is 0.303 e. The molecular weight excluding hydrogens is 354 g/mol. The maximum atomic E-state index is 11.1. The summed E-state index contributed by atoms with van der Waals surface area (Å²) in [5.74, 6) is -0.969. The van der Waals surface area contributed by atoms with E-state index in [2.05, 4.69) is 30.9 Å². The molecule has 7 heteroatoms. The largest absolute Gasteiger partial charge is 0.481 e. The van der Waals surface area contributed by atoms with Crippen molar-refractivity contribution in [3.63, 3.8) is 0 Å². The fourth-order valence-corrected chi connectivity index (χ4v) is 4.51. The number of nitrogens with zero attached hydrogens (tertiary/aromatic N) is 1. The number of carboxylic acid groups (broad SMARTS) is 1. The molecule has 0 fully saturated rings. The number of unbranched alkanes of at least 4 members (excludes halogenated alkanes) is 2. The molecule has 0 saturated heterocycles. The highest BCUT2D eigenvalue weighted by molar-refractivity contribution is 7.85. The predicted octanol–water partition coefficient (Wildman–Crippen LogP) is 3.47. The molecule has 1 heterocycles. The first kappa shape index (κ1) is 20.7. The SMILES string of the molecule is CC1N(CCCCCC(=O)O)c2ccccc2C1(C)CCCS(=O)(=O)O. The maximum absolute atomic E-state index is 11.1. The van der Waals surface area contributed by atoms with Crippen molar-refractivity contribution < 1.29 is 22.9 Å². The molecule has 0 amide bonds. The number of hydrogen-bond acceptors (Lipinski definition) is 4. The lowest BCUT2D eigenvalue weighted by molar-refractivity contribution is -0.137. The van der Waals surface area contributed by atoms with Crippen LogP contribution in [0.1, 0.15) is 57.9 Å². The van der Waals surface area contributed by atoms with Gasteiger partial charge in [-0.15, -0.1) is 0 Å². The minimum absolute atomic E-state index is 0.178. The summed E-state index contributed by atoms with van der Waals surface area (Å²) in [5.41, 5.74) is 2.21. The zero-order valence-electron chi connectivity index (χ0n) is 15.5. The van der Waals surface area contributed by atoms with E-state index in [0.717, 1.165) is 19.4 Å². The number of aliphatic carboxylic acids is 1. The first-order valence-corrected chi connectivity index (χ1v) is 10.8. The Morgan fingerprint density at radius 1 is 1.19 bits per heavy atom. The van der Waals surface area contributed by atoms with Gasteiger partial charge in [0.15, 0.2) is 0 Å². The number of benzene rings is 1. The molecule has 0 aliphatic carbocycles. The molecule has 0 spiro atoms. The first-order chi connectivity index (χ1) is 12.1. The number of anilines is 1. The molecule has 2 unspecified atom stereocenters. The van der Waals surface area contributed by atoms with Gasteiger partial charge in [-0.25, -0.2) is 0 Å². The van der Waals surface area contributed by atoms with Crippen LogP contribution >= 0.6 is 0 Å². The minimum Gasteiger partial charge on any atom is -0.481 e. The Hall–Kier alpha value is -1.60. The monoisotopic (exact) mass is 383 g/mol. The molecular formula is C19H29NO5S. The van der Waals surface area contributed by atoms with E-state index < -0.39 is 16.1 Å². The Labute approximate surface area is 156 Å². The topological polar surface area (TPSA) is 94.9 Å². The number of carboxylic acids is 1. The van der Waals surface area contributed by atoms with E-state index in [-0.39, 0.29) is 23.6 Å². The summed E-state index contributed by atoms with van der Waals surface area (Å²) in [6, 6.07) is 8.41. The van der Waals surface area contributed by atoms with Crippen molar-refractivity contribution in [2.24, 2.45) is 0 Å². The number of rotatable bonds is 10. The van der Waals surface area contributed by atoms with Gasteiger partial charge < -0.3 is 10.0 Å². The predicted molar refractivity (Wildman–Crippen MR) is 102 cm³/mol. The summed E-state index contributed by atoms with van der Waals surface area (Å²) in [6.07, 6.45) is 3.79. The summed E-state index contributed by atoms with van der Waals surface area (Å²) < 4.78 is 31.1. The highest BCUT2D eigenvalue weighted by atomic mass is 32.2. The summed E-state index contributed by atoms with van der Waals surface area (Å²) in [7, 11) is -3.94. The summed E-state index contributed by atoms with van der Waals surface area (Å²) >= 11 is 0. The lowest BCUT2D eigenvalue weighted by Crippen LogP contribution is -2.41. The van der Waals surface area contributed by atoms with Crippen LogP contribution in [0.15, 0.2) is 24.3 Å². The van der Waals surface area contributed by atoms with Crippen LogP contribution in [0.5, 0.6) is 0 Å². The number of fused-ring (bicyclic) bond motifs is 1. The average molecular weight is 384 g/mol. The van der Waals surface area contributed by atoms with Crippen LogP contribution in [0, 0.1) is 0 Å². The van der Waals surface area contributed by atoms with E-state index in [1.807, 2.05) is 12.1 Å². The lowest BCUT2D eigenvalue weighted by atomic mass is 9.75. The second kappa shape index (κ2) is 8.39. The van der Waals surface area contributed by atoms with Gasteiger partial charge in [-0.1, -0.05) is 31.5 Å². The highest BCUT2D eigenvalue weighted by Gasteiger charge is 2.44. The van der Waals surface area contributed by atoms with Gasteiger partial charge in [0.05, 0.1) is 5.75 Å². The van der Waals surface area contributed by atoms with Gasteiger partial charge in [0.25, 0.3) is 10.1 Å². The summed E-state index contributed by atoms with van der Waals surface area (Å²) in [5, 5.41) is 8.73. The Morgan fingerprint density at radius 3 is 2.54 bits per heavy atom. The number of para-hydroxylation sites is 1. The third-order valence-electron chi connectivity index (χ3n) is 5.61. The van der Waals surface area contributed by atoms with Gasteiger partial charge in [0.1, 0.15) is 0 Å². The van der Waals surface area contributed by atoms with Crippen LogP contribution in [0.2, 0.25) is 0 Å². The molecule has 146 valence electrons. The van der Waals surface area contributed by atoms with Crippen molar-refractivity contribution in [1.29, 1.82) is 0 Å². The zero-order valence-corrected chi connectivity index (χ0v) is 16.3.